The van der Waals surface area contributed by atoms with Gasteiger partial charge >= 0.3 is 0 Å². The standard InChI is InChI=1S/C14H8Br2F2O/c1-7-2-3-8(10(16)6-7)14(19)12-11(17)5-4-9(15)13(12)18/h2-6H,1H3. The van der Waals surface area contributed by atoms with E-state index in [-0.39, 0.29) is 10.0 Å². The van der Waals surface area contributed by atoms with Gasteiger partial charge in [-0.2, -0.15) is 0 Å². The van der Waals surface area contributed by atoms with Crippen LogP contribution in [0.4, 0.5) is 8.78 Å². The predicted molar refractivity (Wildman–Crippen MR) is 76.4 cm³/mol. The van der Waals surface area contributed by atoms with Crippen LogP contribution in [0.1, 0.15) is 21.5 Å². The molecule has 0 N–H and O–H groups in total. The van der Waals surface area contributed by atoms with E-state index in [1.165, 1.54) is 6.07 Å². The third kappa shape index (κ3) is 2.77. The first-order valence-corrected chi connectivity index (χ1v) is 6.94. The lowest BCUT2D eigenvalue weighted by atomic mass is 10.0. The largest absolute Gasteiger partial charge is 0.288 e. The van der Waals surface area contributed by atoms with Crippen LogP contribution in [0.3, 0.4) is 0 Å². The molecule has 0 aliphatic carbocycles. The van der Waals surface area contributed by atoms with Crippen LogP contribution in [0.2, 0.25) is 0 Å². The van der Waals surface area contributed by atoms with Crippen molar-refractivity contribution >= 4 is 37.6 Å². The van der Waals surface area contributed by atoms with E-state index < -0.39 is 23.0 Å². The van der Waals surface area contributed by atoms with Crippen molar-refractivity contribution in [3.63, 3.8) is 0 Å². The molecule has 19 heavy (non-hydrogen) atoms. The lowest BCUT2D eigenvalue weighted by Crippen LogP contribution is -2.09. The first kappa shape index (κ1) is 14.3. The molecule has 1 nitrogen and oxygen atoms in total. The minimum Gasteiger partial charge on any atom is -0.288 e. The minimum absolute atomic E-state index is 0.0560. The van der Waals surface area contributed by atoms with Crippen LogP contribution in [0.5, 0.6) is 0 Å². The molecular weight excluding hydrogens is 382 g/mol. The second kappa shape index (κ2) is 5.51. The summed E-state index contributed by atoms with van der Waals surface area (Å²) < 4.78 is 28.1. The Balaban J connectivity index is 2.59. The Bertz CT molecular complexity index is 669. The zero-order valence-electron chi connectivity index (χ0n) is 9.81. The van der Waals surface area contributed by atoms with E-state index in [1.807, 2.05) is 6.92 Å². The zero-order valence-corrected chi connectivity index (χ0v) is 13.0. The molecule has 0 radical (unpaired) electrons. The van der Waals surface area contributed by atoms with Crippen molar-refractivity contribution in [2.45, 2.75) is 6.92 Å². The second-order valence-corrected chi connectivity index (χ2v) is 5.74. The Morgan fingerprint density at radius 1 is 1.05 bits per heavy atom. The van der Waals surface area contributed by atoms with Gasteiger partial charge in [-0.25, -0.2) is 8.78 Å². The van der Waals surface area contributed by atoms with E-state index in [9.17, 15) is 13.6 Å². The Morgan fingerprint density at radius 2 is 1.74 bits per heavy atom. The highest BCUT2D eigenvalue weighted by Crippen LogP contribution is 2.27. The average molecular weight is 390 g/mol. The van der Waals surface area contributed by atoms with Gasteiger partial charge < -0.3 is 0 Å². The molecule has 0 saturated heterocycles. The van der Waals surface area contributed by atoms with Gasteiger partial charge in [0.15, 0.2) is 11.6 Å². The summed E-state index contributed by atoms with van der Waals surface area (Å²) in [5.41, 5.74) is 0.610. The van der Waals surface area contributed by atoms with E-state index in [0.717, 1.165) is 11.6 Å². The molecule has 0 heterocycles. The van der Waals surface area contributed by atoms with Gasteiger partial charge in [0.25, 0.3) is 0 Å². The summed E-state index contributed by atoms with van der Waals surface area (Å²) in [5.74, 6) is -2.46. The number of aryl methyl sites for hydroxylation is 1. The Hall–Kier alpha value is -1.07. The maximum atomic E-state index is 13.9. The Morgan fingerprint density at radius 3 is 2.37 bits per heavy atom. The van der Waals surface area contributed by atoms with Gasteiger partial charge in [0.05, 0.1) is 10.0 Å². The van der Waals surface area contributed by atoms with Crippen molar-refractivity contribution < 1.29 is 13.6 Å². The predicted octanol–water partition coefficient (Wildman–Crippen LogP) is 5.03. The fraction of sp³-hybridized carbons (Fsp3) is 0.0714. The van der Waals surface area contributed by atoms with Crippen molar-refractivity contribution in [2.75, 3.05) is 0 Å². The molecule has 2 rings (SSSR count). The molecule has 98 valence electrons. The molecule has 0 aliphatic heterocycles. The molecule has 0 atom stereocenters. The molecule has 0 amide bonds. The third-order valence-electron chi connectivity index (χ3n) is 2.64. The molecule has 5 heteroatoms. The third-order valence-corrected chi connectivity index (χ3v) is 3.91. The molecule has 0 aliphatic rings. The van der Waals surface area contributed by atoms with Crippen LogP contribution in [-0.2, 0) is 0 Å². The normalized spacial score (nSPS) is 10.6. The summed E-state index contributed by atoms with van der Waals surface area (Å²) in [6.45, 7) is 1.86. The number of halogens is 4. The van der Waals surface area contributed by atoms with Gasteiger partial charge in [0.2, 0.25) is 0 Å². The van der Waals surface area contributed by atoms with E-state index in [2.05, 4.69) is 31.9 Å². The van der Waals surface area contributed by atoms with Crippen LogP contribution in [0.25, 0.3) is 0 Å². The number of hydrogen-bond donors (Lipinski definition) is 0. The van der Waals surface area contributed by atoms with E-state index >= 15 is 0 Å². The van der Waals surface area contributed by atoms with Gasteiger partial charge in [-0.05, 0) is 52.7 Å². The molecule has 0 bridgehead atoms. The quantitative estimate of drug-likeness (QED) is 0.520. The van der Waals surface area contributed by atoms with Crippen LogP contribution in [-0.4, -0.2) is 5.78 Å². The first-order valence-electron chi connectivity index (χ1n) is 5.36. The molecule has 2 aromatic rings. The maximum Gasteiger partial charge on any atom is 0.200 e. The number of carbonyl (C=O) groups is 1. The number of benzene rings is 2. The molecule has 0 fully saturated rings. The monoisotopic (exact) mass is 388 g/mol. The lowest BCUT2D eigenvalue weighted by molar-refractivity contribution is 0.103. The van der Waals surface area contributed by atoms with Gasteiger partial charge in [-0.3, -0.25) is 4.79 Å². The summed E-state index contributed by atoms with van der Waals surface area (Å²) >= 11 is 6.18. The fourth-order valence-electron chi connectivity index (χ4n) is 1.67. The topological polar surface area (TPSA) is 17.1 Å². The smallest absolute Gasteiger partial charge is 0.200 e. The maximum absolute atomic E-state index is 13.9. The van der Waals surface area contributed by atoms with E-state index in [4.69, 9.17) is 0 Å². The van der Waals surface area contributed by atoms with E-state index in [1.54, 1.807) is 18.2 Å². The average Bonchev–Trinajstić information content (AvgIpc) is 2.34. The minimum atomic E-state index is -0.891. The van der Waals surface area contributed by atoms with Crippen molar-refractivity contribution in [2.24, 2.45) is 0 Å². The summed E-state index contributed by atoms with van der Waals surface area (Å²) in [5, 5.41) is 0. The van der Waals surface area contributed by atoms with E-state index in [0.29, 0.717) is 4.47 Å². The van der Waals surface area contributed by atoms with Gasteiger partial charge in [0.1, 0.15) is 5.82 Å². The summed E-state index contributed by atoms with van der Waals surface area (Å²) in [6.07, 6.45) is 0. The van der Waals surface area contributed by atoms with Gasteiger partial charge in [-0.15, -0.1) is 0 Å². The molecule has 0 saturated carbocycles. The summed E-state index contributed by atoms with van der Waals surface area (Å²) in [7, 11) is 0. The highest BCUT2D eigenvalue weighted by Gasteiger charge is 2.22. The highest BCUT2D eigenvalue weighted by atomic mass is 79.9. The van der Waals surface area contributed by atoms with Gasteiger partial charge in [0, 0.05) is 10.0 Å². The molecular formula is C14H8Br2F2O. The molecule has 0 spiro atoms. The molecule has 0 unspecified atom stereocenters. The summed E-state index contributed by atoms with van der Waals surface area (Å²) in [6, 6.07) is 7.27. The molecule has 2 aromatic carbocycles. The van der Waals surface area contributed by atoms with Crippen molar-refractivity contribution in [3.8, 4) is 0 Å². The van der Waals surface area contributed by atoms with Crippen molar-refractivity contribution in [3.05, 3.63) is 67.6 Å². The molecule has 0 aromatic heterocycles. The number of hydrogen-bond acceptors (Lipinski definition) is 1. The number of carbonyl (C=O) groups excluding carboxylic acids is 1. The highest BCUT2D eigenvalue weighted by molar-refractivity contribution is 9.10. The van der Waals surface area contributed by atoms with Crippen LogP contribution in [0.15, 0.2) is 39.3 Å². The van der Waals surface area contributed by atoms with Crippen molar-refractivity contribution in [1.82, 2.24) is 0 Å². The summed E-state index contributed by atoms with van der Waals surface area (Å²) in [4.78, 5) is 12.2. The SMILES string of the molecule is Cc1ccc(C(=O)c2c(F)ccc(Br)c2F)c(Br)c1. The fourth-order valence-corrected chi connectivity index (χ4v) is 2.68. The lowest BCUT2D eigenvalue weighted by Gasteiger charge is -2.08. The van der Waals surface area contributed by atoms with Crippen LogP contribution in [0, 0.1) is 18.6 Å². The zero-order chi connectivity index (χ0) is 14.2. The van der Waals surface area contributed by atoms with Crippen molar-refractivity contribution in [1.29, 1.82) is 0 Å². The van der Waals surface area contributed by atoms with Crippen LogP contribution < -0.4 is 0 Å². The Labute approximate surface area is 125 Å². The second-order valence-electron chi connectivity index (χ2n) is 4.03. The Kier molecular flexibility index (Phi) is 4.16. The first-order chi connectivity index (χ1) is 8.91. The number of rotatable bonds is 2. The number of ketones is 1. The van der Waals surface area contributed by atoms with Gasteiger partial charge in [-0.1, -0.05) is 22.0 Å². The van der Waals surface area contributed by atoms with Crippen LogP contribution >= 0.6 is 31.9 Å².